The van der Waals surface area contributed by atoms with Crippen molar-refractivity contribution in [1.82, 2.24) is 25.4 Å². The number of carbonyl (C=O) groups excluding carboxylic acids is 2. The topological polar surface area (TPSA) is 88.9 Å². The Hall–Kier alpha value is -3.00. The van der Waals surface area contributed by atoms with Crippen LogP contribution in [0.5, 0.6) is 0 Å². The summed E-state index contributed by atoms with van der Waals surface area (Å²) in [5, 5.41) is 14.5. The van der Waals surface area contributed by atoms with Gasteiger partial charge in [-0.1, -0.05) is 0 Å². The molecule has 2 amide bonds. The fraction of sp³-hybridized carbons (Fsp3) is 0.333. The molecule has 8 heteroatoms. The van der Waals surface area contributed by atoms with Gasteiger partial charge in [-0.05, 0) is 59.7 Å². The highest BCUT2D eigenvalue weighted by molar-refractivity contribution is 7.07. The third kappa shape index (κ3) is 4.71. The monoisotopic (exact) mass is 409 g/mol. The lowest BCUT2D eigenvalue weighted by Crippen LogP contribution is -2.34. The van der Waals surface area contributed by atoms with E-state index in [1.54, 1.807) is 42.1 Å². The van der Waals surface area contributed by atoms with Crippen LogP contribution in [-0.2, 0) is 19.4 Å². The van der Waals surface area contributed by atoms with Crippen molar-refractivity contribution in [2.24, 2.45) is 5.92 Å². The number of aryl methyl sites for hydroxylation is 1. The predicted octanol–water partition coefficient (Wildman–Crippen LogP) is 2.30. The molecular formula is C21H23N5O2S. The molecule has 3 aromatic heterocycles. The van der Waals surface area contributed by atoms with Gasteiger partial charge >= 0.3 is 0 Å². The normalized spacial score (nSPS) is 15.5. The first-order valence-corrected chi connectivity index (χ1v) is 10.7. The van der Waals surface area contributed by atoms with Crippen LogP contribution >= 0.6 is 11.3 Å². The number of pyridine rings is 1. The summed E-state index contributed by atoms with van der Waals surface area (Å²) in [6, 6.07) is 5.57. The number of hydrogen-bond donors (Lipinski definition) is 2. The zero-order valence-corrected chi connectivity index (χ0v) is 16.8. The minimum Gasteiger partial charge on any atom is -0.352 e. The number of aromatic nitrogens is 3. The van der Waals surface area contributed by atoms with Gasteiger partial charge in [-0.15, -0.1) is 0 Å². The van der Waals surface area contributed by atoms with Crippen molar-refractivity contribution >= 4 is 23.2 Å². The van der Waals surface area contributed by atoms with E-state index in [1.807, 2.05) is 10.1 Å². The fourth-order valence-electron chi connectivity index (χ4n) is 3.55. The van der Waals surface area contributed by atoms with Crippen molar-refractivity contribution in [3.63, 3.8) is 0 Å². The Morgan fingerprint density at radius 1 is 1.21 bits per heavy atom. The summed E-state index contributed by atoms with van der Waals surface area (Å²) in [6.07, 6.45) is 7.32. The van der Waals surface area contributed by atoms with Gasteiger partial charge in [0.25, 0.3) is 11.8 Å². The highest BCUT2D eigenvalue weighted by Gasteiger charge is 2.25. The summed E-state index contributed by atoms with van der Waals surface area (Å²) >= 11 is 1.66. The second-order valence-corrected chi connectivity index (χ2v) is 7.96. The number of fused-ring (bicyclic) bond motifs is 1. The second-order valence-electron chi connectivity index (χ2n) is 7.18. The van der Waals surface area contributed by atoms with Gasteiger partial charge in [-0.3, -0.25) is 19.3 Å². The van der Waals surface area contributed by atoms with E-state index in [-0.39, 0.29) is 17.7 Å². The number of hydrogen-bond acceptors (Lipinski definition) is 5. The molecule has 4 heterocycles. The van der Waals surface area contributed by atoms with Gasteiger partial charge in [-0.25, -0.2) is 0 Å². The van der Waals surface area contributed by atoms with Gasteiger partial charge in [0, 0.05) is 32.0 Å². The average Bonchev–Trinajstić information content (AvgIpc) is 3.42. The largest absolute Gasteiger partial charge is 0.352 e. The number of thiophene rings is 1. The van der Waals surface area contributed by atoms with Crippen LogP contribution < -0.4 is 10.6 Å². The lowest BCUT2D eigenvalue weighted by molar-refractivity contribution is 0.0935. The zero-order chi connectivity index (χ0) is 20.1. The van der Waals surface area contributed by atoms with Crippen LogP contribution in [0, 0.1) is 5.92 Å². The average molecular weight is 410 g/mol. The molecule has 0 fully saturated rings. The number of nitrogens with zero attached hydrogens (tertiary/aromatic N) is 3. The van der Waals surface area contributed by atoms with E-state index in [1.165, 1.54) is 5.56 Å². The van der Waals surface area contributed by atoms with E-state index >= 15 is 0 Å². The molecule has 1 aliphatic rings. The Kier molecular flexibility index (Phi) is 6.00. The molecule has 0 aromatic carbocycles. The van der Waals surface area contributed by atoms with Crippen molar-refractivity contribution in [2.45, 2.75) is 25.8 Å². The maximum absolute atomic E-state index is 12.6. The zero-order valence-electron chi connectivity index (χ0n) is 16.0. The molecular weight excluding hydrogens is 386 g/mol. The Morgan fingerprint density at radius 3 is 2.93 bits per heavy atom. The molecule has 0 unspecified atom stereocenters. The number of amides is 2. The maximum Gasteiger partial charge on any atom is 0.254 e. The summed E-state index contributed by atoms with van der Waals surface area (Å²) in [4.78, 5) is 28.8. The minimum absolute atomic E-state index is 0.0819. The molecule has 0 bridgehead atoms. The SMILES string of the molecule is O=C(NC[C@@H]1CCn2ncc(C(=O)NCCc3ccsc3)c2C1)c1cccnc1. The van der Waals surface area contributed by atoms with Gasteiger partial charge in [-0.2, -0.15) is 16.4 Å². The summed E-state index contributed by atoms with van der Waals surface area (Å²) in [6.45, 7) is 1.92. The van der Waals surface area contributed by atoms with E-state index < -0.39 is 0 Å². The third-order valence-electron chi connectivity index (χ3n) is 5.18. The molecule has 4 rings (SSSR count). The summed E-state index contributed by atoms with van der Waals surface area (Å²) in [5.41, 5.74) is 3.37. The lowest BCUT2D eigenvalue weighted by atomic mass is 9.94. The smallest absolute Gasteiger partial charge is 0.254 e. The van der Waals surface area contributed by atoms with Crippen LogP contribution in [0.2, 0.25) is 0 Å². The Labute approximate surface area is 173 Å². The van der Waals surface area contributed by atoms with Crippen LogP contribution in [-0.4, -0.2) is 39.7 Å². The van der Waals surface area contributed by atoms with Gasteiger partial charge in [0.15, 0.2) is 0 Å². The Bertz CT molecular complexity index is 968. The molecule has 150 valence electrons. The van der Waals surface area contributed by atoms with Gasteiger partial charge in [0.2, 0.25) is 0 Å². The van der Waals surface area contributed by atoms with Gasteiger partial charge in [0.1, 0.15) is 0 Å². The molecule has 0 spiro atoms. The van der Waals surface area contributed by atoms with E-state index in [0.717, 1.165) is 31.5 Å². The Morgan fingerprint density at radius 2 is 2.14 bits per heavy atom. The van der Waals surface area contributed by atoms with Crippen LogP contribution in [0.15, 0.2) is 47.5 Å². The van der Waals surface area contributed by atoms with E-state index in [9.17, 15) is 9.59 Å². The minimum atomic E-state index is -0.122. The molecule has 7 nitrogen and oxygen atoms in total. The number of nitrogens with one attached hydrogen (secondary N) is 2. The van der Waals surface area contributed by atoms with Crippen molar-refractivity contribution in [3.8, 4) is 0 Å². The first-order chi connectivity index (χ1) is 14.2. The van der Waals surface area contributed by atoms with Crippen molar-refractivity contribution in [1.29, 1.82) is 0 Å². The van der Waals surface area contributed by atoms with E-state index in [2.05, 4.69) is 32.2 Å². The molecule has 29 heavy (non-hydrogen) atoms. The maximum atomic E-state index is 12.6. The molecule has 0 radical (unpaired) electrons. The highest BCUT2D eigenvalue weighted by Crippen LogP contribution is 2.22. The standard InChI is InChI=1S/C21H23N5O2S/c27-20(17-2-1-6-22-12-17)24-11-16-4-8-26-19(10-16)18(13-25-26)21(28)23-7-3-15-5-9-29-14-15/h1-2,5-6,9,12-14,16H,3-4,7-8,10-11H2,(H,23,28)(H,24,27)/t16-/m1/s1. The predicted molar refractivity (Wildman–Crippen MR) is 111 cm³/mol. The second kappa shape index (κ2) is 9.00. The van der Waals surface area contributed by atoms with Crippen LogP contribution in [0.4, 0.5) is 0 Å². The third-order valence-corrected chi connectivity index (χ3v) is 5.91. The summed E-state index contributed by atoms with van der Waals surface area (Å²) in [5.74, 6) is 0.0716. The van der Waals surface area contributed by atoms with E-state index in [0.29, 0.717) is 24.2 Å². The fourth-order valence-corrected chi connectivity index (χ4v) is 4.25. The van der Waals surface area contributed by atoms with Gasteiger partial charge in [0.05, 0.1) is 23.0 Å². The van der Waals surface area contributed by atoms with Crippen molar-refractivity contribution < 1.29 is 9.59 Å². The number of rotatable bonds is 7. The molecule has 0 aliphatic carbocycles. The molecule has 0 saturated carbocycles. The number of carbonyl (C=O) groups is 2. The Balaban J connectivity index is 1.32. The summed E-state index contributed by atoms with van der Waals surface area (Å²) < 4.78 is 1.91. The van der Waals surface area contributed by atoms with E-state index in [4.69, 9.17) is 0 Å². The first-order valence-electron chi connectivity index (χ1n) is 9.73. The van der Waals surface area contributed by atoms with Gasteiger partial charge < -0.3 is 10.6 Å². The van der Waals surface area contributed by atoms with Crippen molar-refractivity contribution in [2.75, 3.05) is 13.1 Å². The molecule has 1 aliphatic heterocycles. The van der Waals surface area contributed by atoms with Crippen LogP contribution in [0.3, 0.4) is 0 Å². The molecule has 2 N–H and O–H groups in total. The molecule has 0 saturated heterocycles. The quantitative estimate of drug-likeness (QED) is 0.627. The first kappa shape index (κ1) is 19.3. The lowest BCUT2D eigenvalue weighted by Gasteiger charge is -2.24. The highest BCUT2D eigenvalue weighted by atomic mass is 32.1. The van der Waals surface area contributed by atoms with Crippen LogP contribution in [0.1, 0.15) is 38.4 Å². The molecule has 1 atom stereocenters. The van der Waals surface area contributed by atoms with Crippen LogP contribution in [0.25, 0.3) is 0 Å². The van der Waals surface area contributed by atoms with Crippen molar-refractivity contribution in [3.05, 3.63) is 69.9 Å². The molecule has 3 aromatic rings. The summed E-state index contributed by atoms with van der Waals surface area (Å²) in [7, 11) is 0.